The van der Waals surface area contributed by atoms with Crippen molar-refractivity contribution in [2.24, 2.45) is 10.7 Å². The quantitative estimate of drug-likeness (QED) is 0.729. The van der Waals surface area contributed by atoms with Gasteiger partial charge in [-0.15, -0.1) is 0 Å². The summed E-state index contributed by atoms with van der Waals surface area (Å²) < 4.78 is 13.7. The predicted molar refractivity (Wildman–Crippen MR) is 70.2 cm³/mol. The molecule has 0 aromatic heterocycles. The molecule has 1 aromatic rings. The number of hydrogen-bond acceptors (Lipinski definition) is 4. The molecule has 4 nitrogen and oxygen atoms in total. The number of nitrogens with two attached hydrogens (primary N) is 1. The van der Waals surface area contributed by atoms with E-state index in [-0.39, 0.29) is 11.5 Å². The highest BCUT2D eigenvalue weighted by atomic mass is 19.1. The smallest absolute Gasteiger partial charge is 0.136 e. The van der Waals surface area contributed by atoms with Gasteiger partial charge in [0.15, 0.2) is 0 Å². The molecule has 0 aliphatic carbocycles. The van der Waals surface area contributed by atoms with Crippen molar-refractivity contribution in [3.05, 3.63) is 29.6 Å². The fraction of sp³-hybridized carbons (Fsp3) is 0.462. The number of fused-ring (bicyclic) bond motifs is 1. The van der Waals surface area contributed by atoms with Crippen LogP contribution in [0.1, 0.15) is 18.4 Å². The van der Waals surface area contributed by atoms with Crippen molar-refractivity contribution < 1.29 is 4.39 Å². The molecule has 1 spiro atoms. The van der Waals surface area contributed by atoms with E-state index in [9.17, 15) is 4.39 Å². The molecule has 2 aliphatic rings. The minimum Gasteiger partial charge on any atom is -0.383 e. The number of amidine groups is 1. The third kappa shape index (κ3) is 1.75. The highest BCUT2D eigenvalue weighted by Gasteiger charge is 2.37. The average molecular weight is 248 g/mol. The Balaban J connectivity index is 1.99. The van der Waals surface area contributed by atoms with E-state index in [4.69, 9.17) is 5.73 Å². The summed E-state index contributed by atoms with van der Waals surface area (Å²) >= 11 is 0. The minimum atomic E-state index is -0.350. The number of halogens is 1. The van der Waals surface area contributed by atoms with Crippen LogP contribution in [0.5, 0.6) is 0 Å². The summed E-state index contributed by atoms with van der Waals surface area (Å²) in [4.78, 5) is 6.79. The van der Waals surface area contributed by atoms with Crippen molar-refractivity contribution in [2.45, 2.75) is 18.5 Å². The van der Waals surface area contributed by atoms with Gasteiger partial charge in [-0.3, -0.25) is 0 Å². The van der Waals surface area contributed by atoms with Crippen LogP contribution in [-0.4, -0.2) is 36.5 Å². The maximum absolute atomic E-state index is 13.7. The summed E-state index contributed by atoms with van der Waals surface area (Å²) in [7, 11) is 2.09. The van der Waals surface area contributed by atoms with Crippen molar-refractivity contribution >= 4 is 11.5 Å². The predicted octanol–water partition coefficient (Wildman–Crippen LogP) is 1.38. The zero-order valence-electron chi connectivity index (χ0n) is 10.4. The number of piperidine rings is 1. The van der Waals surface area contributed by atoms with E-state index in [0.717, 1.165) is 31.6 Å². The van der Waals surface area contributed by atoms with Crippen LogP contribution in [0.4, 0.5) is 10.1 Å². The lowest BCUT2D eigenvalue weighted by molar-refractivity contribution is 0.209. The fourth-order valence-corrected chi connectivity index (χ4v) is 2.68. The average Bonchev–Trinajstić information content (AvgIpc) is 2.33. The summed E-state index contributed by atoms with van der Waals surface area (Å²) in [6.45, 7) is 1.93. The monoisotopic (exact) mass is 248 g/mol. The molecule has 2 heterocycles. The second-order valence-corrected chi connectivity index (χ2v) is 5.12. The highest BCUT2D eigenvalue weighted by molar-refractivity contribution is 6.04. The van der Waals surface area contributed by atoms with Crippen LogP contribution in [0.25, 0.3) is 0 Å². The van der Waals surface area contributed by atoms with Gasteiger partial charge in [-0.1, -0.05) is 6.07 Å². The van der Waals surface area contributed by atoms with Crippen LogP contribution < -0.4 is 11.1 Å². The zero-order chi connectivity index (χ0) is 12.8. The Kier molecular flexibility index (Phi) is 2.52. The standard InChI is InChI=1S/C13H17FN4/c1-18-7-5-13(6-8-18)16-10-4-2-3-9(14)11(10)12(15)17-13/h2-4,16H,5-8H2,1H3,(H2,15,17). The van der Waals surface area contributed by atoms with Crippen LogP contribution in [0.2, 0.25) is 0 Å². The number of likely N-dealkylation sites (tertiary alicyclic amines) is 1. The third-order valence-electron chi connectivity index (χ3n) is 3.79. The van der Waals surface area contributed by atoms with Crippen molar-refractivity contribution in [3.8, 4) is 0 Å². The number of rotatable bonds is 0. The second-order valence-electron chi connectivity index (χ2n) is 5.12. The van der Waals surface area contributed by atoms with Crippen LogP contribution in [0.15, 0.2) is 23.2 Å². The first-order valence-corrected chi connectivity index (χ1v) is 6.21. The van der Waals surface area contributed by atoms with Gasteiger partial charge in [-0.25, -0.2) is 9.38 Å². The van der Waals surface area contributed by atoms with E-state index in [1.54, 1.807) is 6.07 Å². The highest BCUT2D eigenvalue weighted by Crippen LogP contribution is 2.34. The summed E-state index contributed by atoms with van der Waals surface area (Å²) in [5.41, 5.74) is 6.76. The molecular formula is C13H17FN4. The number of anilines is 1. The molecule has 5 heteroatoms. The molecule has 3 N–H and O–H groups in total. The van der Waals surface area contributed by atoms with Crippen LogP contribution in [0, 0.1) is 5.82 Å². The van der Waals surface area contributed by atoms with Crippen LogP contribution in [0.3, 0.4) is 0 Å². The largest absolute Gasteiger partial charge is 0.383 e. The van der Waals surface area contributed by atoms with Crippen molar-refractivity contribution in [1.82, 2.24) is 4.90 Å². The molecule has 1 saturated heterocycles. The van der Waals surface area contributed by atoms with E-state index in [1.165, 1.54) is 6.07 Å². The molecule has 2 aliphatic heterocycles. The van der Waals surface area contributed by atoms with E-state index in [2.05, 4.69) is 22.3 Å². The Morgan fingerprint density at radius 2 is 2.11 bits per heavy atom. The maximum Gasteiger partial charge on any atom is 0.136 e. The third-order valence-corrected chi connectivity index (χ3v) is 3.79. The van der Waals surface area contributed by atoms with E-state index in [1.807, 2.05) is 6.07 Å². The number of nitrogens with one attached hydrogen (secondary N) is 1. The second kappa shape index (κ2) is 3.95. The van der Waals surface area contributed by atoms with Crippen LogP contribution in [-0.2, 0) is 0 Å². The molecule has 0 atom stereocenters. The van der Waals surface area contributed by atoms with E-state index in [0.29, 0.717) is 11.4 Å². The van der Waals surface area contributed by atoms with Gasteiger partial charge in [-0.05, 0) is 19.2 Å². The van der Waals surface area contributed by atoms with E-state index < -0.39 is 0 Å². The molecule has 1 fully saturated rings. The lowest BCUT2D eigenvalue weighted by Gasteiger charge is -2.41. The first-order valence-electron chi connectivity index (χ1n) is 6.21. The molecular weight excluding hydrogens is 231 g/mol. The Morgan fingerprint density at radius 1 is 1.39 bits per heavy atom. The normalized spacial score (nSPS) is 22.2. The Labute approximate surface area is 106 Å². The zero-order valence-corrected chi connectivity index (χ0v) is 10.4. The van der Waals surface area contributed by atoms with Gasteiger partial charge in [0.25, 0.3) is 0 Å². The SMILES string of the molecule is CN1CCC2(CC1)N=C(N)c1c(F)cccc1N2. The van der Waals surface area contributed by atoms with Gasteiger partial charge in [0.05, 0.1) is 5.56 Å². The number of nitrogens with zero attached hydrogens (tertiary/aromatic N) is 2. The van der Waals surface area contributed by atoms with Gasteiger partial charge in [0, 0.05) is 31.6 Å². The van der Waals surface area contributed by atoms with Gasteiger partial charge in [0.2, 0.25) is 0 Å². The van der Waals surface area contributed by atoms with Gasteiger partial charge in [0.1, 0.15) is 17.3 Å². The Morgan fingerprint density at radius 3 is 2.83 bits per heavy atom. The topological polar surface area (TPSA) is 53.6 Å². The molecule has 96 valence electrons. The van der Waals surface area contributed by atoms with Gasteiger partial charge in [-0.2, -0.15) is 0 Å². The molecule has 18 heavy (non-hydrogen) atoms. The maximum atomic E-state index is 13.7. The molecule has 0 saturated carbocycles. The molecule has 1 aromatic carbocycles. The molecule has 0 amide bonds. The number of aliphatic imine (C=N–C) groups is 1. The summed E-state index contributed by atoms with van der Waals surface area (Å²) in [6.07, 6.45) is 1.78. The Bertz CT molecular complexity index is 504. The summed E-state index contributed by atoms with van der Waals surface area (Å²) in [6, 6.07) is 4.97. The van der Waals surface area contributed by atoms with Crippen LogP contribution >= 0.6 is 0 Å². The lowest BCUT2D eigenvalue weighted by Crippen LogP contribution is -2.50. The van der Waals surface area contributed by atoms with Crippen molar-refractivity contribution in [1.29, 1.82) is 0 Å². The first kappa shape index (κ1) is 11.5. The number of hydrogen-bond donors (Lipinski definition) is 2. The van der Waals surface area contributed by atoms with Crippen molar-refractivity contribution in [3.63, 3.8) is 0 Å². The fourth-order valence-electron chi connectivity index (χ4n) is 2.68. The van der Waals surface area contributed by atoms with Gasteiger partial charge < -0.3 is 16.0 Å². The molecule has 0 radical (unpaired) electrons. The first-order chi connectivity index (χ1) is 8.60. The van der Waals surface area contributed by atoms with Crippen molar-refractivity contribution in [2.75, 3.05) is 25.5 Å². The Hall–Kier alpha value is -1.62. The molecule has 3 rings (SSSR count). The summed E-state index contributed by atoms with van der Waals surface area (Å²) in [5.74, 6) is -0.00423. The van der Waals surface area contributed by atoms with E-state index >= 15 is 0 Å². The minimum absolute atomic E-state index is 0.311. The van der Waals surface area contributed by atoms with Gasteiger partial charge >= 0.3 is 0 Å². The lowest BCUT2D eigenvalue weighted by atomic mass is 9.94. The molecule has 0 unspecified atom stereocenters. The molecule has 0 bridgehead atoms. The summed E-state index contributed by atoms with van der Waals surface area (Å²) in [5, 5.41) is 3.37. The number of benzene rings is 1.